The standard InChI is InChI=1S/C16H14O3/c17-13-3-1-10(2-4-13)11-7-12-8-14(18)5-6-15(12)16(19)9-11/h1-6,8,11,17-18H,7,9H2. The maximum atomic E-state index is 12.1. The van der Waals surface area contributed by atoms with Gasteiger partial charge in [0, 0.05) is 12.0 Å². The molecule has 0 fully saturated rings. The van der Waals surface area contributed by atoms with Crippen molar-refractivity contribution in [2.24, 2.45) is 0 Å². The highest BCUT2D eigenvalue weighted by Gasteiger charge is 2.26. The average Bonchev–Trinajstić information content (AvgIpc) is 2.38. The lowest BCUT2D eigenvalue weighted by Gasteiger charge is -2.24. The molecule has 0 aliphatic heterocycles. The van der Waals surface area contributed by atoms with Crippen molar-refractivity contribution in [1.29, 1.82) is 0 Å². The molecule has 0 saturated heterocycles. The van der Waals surface area contributed by atoms with Gasteiger partial charge in [-0.15, -0.1) is 0 Å². The SMILES string of the molecule is O=C1CC(c2ccc(O)cc2)Cc2cc(O)ccc21. The van der Waals surface area contributed by atoms with Crippen LogP contribution < -0.4 is 0 Å². The number of carbonyl (C=O) groups is 1. The lowest BCUT2D eigenvalue weighted by atomic mass is 9.79. The molecule has 0 amide bonds. The highest BCUT2D eigenvalue weighted by Crippen LogP contribution is 2.34. The van der Waals surface area contributed by atoms with E-state index in [1.165, 1.54) is 0 Å². The minimum absolute atomic E-state index is 0.110. The smallest absolute Gasteiger partial charge is 0.163 e. The quantitative estimate of drug-likeness (QED) is 0.822. The van der Waals surface area contributed by atoms with E-state index >= 15 is 0 Å². The zero-order valence-electron chi connectivity index (χ0n) is 10.3. The van der Waals surface area contributed by atoms with Crippen LogP contribution in [-0.2, 0) is 6.42 Å². The zero-order chi connectivity index (χ0) is 13.4. The van der Waals surface area contributed by atoms with Crippen LogP contribution in [0.5, 0.6) is 11.5 Å². The molecule has 1 aliphatic carbocycles. The van der Waals surface area contributed by atoms with Crippen LogP contribution in [0.4, 0.5) is 0 Å². The molecule has 1 aliphatic rings. The van der Waals surface area contributed by atoms with Crippen LogP contribution >= 0.6 is 0 Å². The van der Waals surface area contributed by atoms with E-state index in [1.807, 2.05) is 12.1 Å². The average molecular weight is 254 g/mol. The van der Waals surface area contributed by atoms with Crippen molar-refractivity contribution in [3.63, 3.8) is 0 Å². The number of phenolic OH excluding ortho intramolecular Hbond substituents is 2. The summed E-state index contributed by atoms with van der Waals surface area (Å²) in [5, 5.41) is 18.8. The van der Waals surface area contributed by atoms with E-state index in [-0.39, 0.29) is 23.2 Å². The van der Waals surface area contributed by atoms with E-state index in [2.05, 4.69) is 0 Å². The molecule has 0 spiro atoms. The van der Waals surface area contributed by atoms with Crippen molar-refractivity contribution in [3.05, 3.63) is 59.2 Å². The Kier molecular flexibility index (Phi) is 2.75. The van der Waals surface area contributed by atoms with Gasteiger partial charge in [0.15, 0.2) is 5.78 Å². The molecular weight excluding hydrogens is 240 g/mol. The fraction of sp³-hybridized carbons (Fsp3) is 0.188. The molecule has 19 heavy (non-hydrogen) atoms. The molecule has 2 aromatic carbocycles. The van der Waals surface area contributed by atoms with Crippen LogP contribution in [0, 0.1) is 0 Å². The van der Waals surface area contributed by atoms with E-state index in [4.69, 9.17) is 0 Å². The number of ketones is 1. The Morgan fingerprint density at radius 3 is 2.32 bits per heavy atom. The molecular formula is C16H14O3. The Bertz CT molecular complexity index is 629. The molecule has 1 atom stereocenters. The molecule has 3 rings (SSSR count). The number of Topliss-reactive ketones (excluding diaryl/α,β-unsaturated/α-hetero) is 1. The number of hydrogen-bond acceptors (Lipinski definition) is 3. The number of phenols is 2. The van der Waals surface area contributed by atoms with Gasteiger partial charge in [0.2, 0.25) is 0 Å². The number of carbonyl (C=O) groups excluding carboxylic acids is 1. The zero-order valence-corrected chi connectivity index (χ0v) is 10.3. The summed E-state index contributed by atoms with van der Waals surface area (Å²) in [5.74, 6) is 0.642. The van der Waals surface area contributed by atoms with Crippen LogP contribution in [0.1, 0.15) is 33.8 Å². The normalized spacial score (nSPS) is 18.1. The topological polar surface area (TPSA) is 57.5 Å². The summed E-state index contributed by atoms with van der Waals surface area (Å²) >= 11 is 0. The Morgan fingerprint density at radius 1 is 0.895 bits per heavy atom. The van der Waals surface area contributed by atoms with Crippen LogP contribution in [0.2, 0.25) is 0 Å². The first-order valence-electron chi connectivity index (χ1n) is 6.27. The van der Waals surface area contributed by atoms with Gasteiger partial charge in [-0.1, -0.05) is 12.1 Å². The van der Waals surface area contributed by atoms with Gasteiger partial charge in [0.1, 0.15) is 11.5 Å². The van der Waals surface area contributed by atoms with Gasteiger partial charge < -0.3 is 10.2 Å². The molecule has 0 bridgehead atoms. The first kappa shape index (κ1) is 11.8. The maximum Gasteiger partial charge on any atom is 0.163 e. The van der Waals surface area contributed by atoms with Crippen molar-refractivity contribution in [2.75, 3.05) is 0 Å². The van der Waals surface area contributed by atoms with Gasteiger partial charge in [-0.25, -0.2) is 0 Å². The Balaban J connectivity index is 1.96. The van der Waals surface area contributed by atoms with Gasteiger partial charge in [-0.3, -0.25) is 4.79 Å². The molecule has 0 heterocycles. The summed E-state index contributed by atoms with van der Waals surface area (Å²) in [6.07, 6.45) is 1.21. The third kappa shape index (κ3) is 2.19. The predicted octanol–water partition coefficient (Wildman–Crippen LogP) is 3.01. The van der Waals surface area contributed by atoms with Crippen molar-refractivity contribution in [2.45, 2.75) is 18.8 Å². The van der Waals surface area contributed by atoms with Crippen LogP contribution in [0.3, 0.4) is 0 Å². The maximum absolute atomic E-state index is 12.1. The molecule has 96 valence electrons. The Morgan fingerprint density at radius 2 is 1.58 bits per heavy atom. The monoisotopic (exact) mass is 254 g/mol. The van der Waals surface area contributed by atoms with E-state index in [0.717, 1.165) is 17.5 Å². The van der Waals surface area contributed by atoms with Crippen molar-refractivity contribution >= 4 is 5.78 Å². The first-order valence-corrected chi connectivity index (χ1v) is 6.27. The highest BCUT2D eigenvalue weighted by atomic mass is 16.3. The fourth-order valence-corrected chi connectivity index (χ4v) is 2.67. The molecule has 1 unspecified atom stereocenters. The molecule has 2 N–H and O–H groups in total. The highest BCUT2D eigenvalue weighted by molar-refractivity contribution is 5.99. The van der Waals surface area contributed by atoms with Crippen molar-refractivity contribution < 1.29 is 15.0 Å². The minimum atomic E-state index is 0.110. The second-order valence-corrected chi connectivity index (χ2v) is 4.96. The number of aromatic hydroxyl groups is 2. The summed E-state index contributed by atoms with van der Waals surface area (Å²) in [6, 6.07) is 11.9. The van der Waals surface area contributed by atoms with E-state index < -0.39 is 0 Å². The summed E-state index contributed by atoms with van der Waals surface area (Å²) < 4.78 is 0. The van der Waals surface area contributed by atoms with E-state index in [1.54, 1.807) is 30.3 Å². The van der Waals surface area contributed by atoms with E-state index in [9.17, 15) is 15.0 Å². The molecule has 0 saturated carbocycles. The van der Waals surface area contributed by atoms with Gasteiger partial charge in [-0.05, 0) is 53.8 Å². The molecule has 0 aromatic heterocycles. The third-order valence-corrected chi connectivity index (χ3v) is 3.65. The van der Waals surface area contributed by atoms with Crippen molar-refractivity contribution in [3.8, 4) is 11.5 Å². The predicted molar refractivity (Wildman–Crippen MR) is 71.6 cm³/mol. The van der Waals surface area contributed by atoms with Gasteiger partial charge >= 0.3 is 0 Å². The molecule has 3 nitrogen and oxygen atoms in total. The second-order valence-electron chi connectivity index (χ2n) is 4.96. The summed E-state index contributed by atoms with van der Waals surface area (Å²) in [7, 11) is 0. The number of rotatable bonds is 1. The summed E-state index contributed by atoms with van der Waals surface area (Å²) in [6.45, 7) is 0. The Labute approximate surface area is 111 Å². The minimum Gasteiger partial charge on any atom is -0.508 e. The lowest BCUT2D eigenvalue weighted by molar-refractivity contribution is 0.0964. The first-order chi connectivity index (χ1) is 9.13. The Hall–Kier alpha value is -2.29. The summed E-state index contributed by atoms with van der Waals surface area (Å²) in [4.78, 5) is 12.1. The largest absolute Gasteiger partial charge is 0.508 e. The lowest BCUT2D eigenvalue weighted by Crippen LogP contribution is -2.18. The van der Waals surface area contributed by atoms with Gasteiger partial charge in [-0.2, -0.15) is 0 Å². The third-order valence-electron chi connectivity index (χ3n) is 3.65. The number of benzene rings is 2. The van der Waals surface area contributed by atoms with E-state index in [0.29, 0.717) is 12.0 Å². The van der Waals surface area contributed by atoms with Crippen molar-refractivity contribution in [1.82, 2.24) is 0 Å². The summed E-state index contributed by atoms with van der Waals surface area (Å²) in [5.41, 5.74) is 2.65. The molecule has 3 heteroatoms. The molecule has 2 aromatic rings. The number of fused-ring (bicyclic) bond motifs is 1. The van der Waals surface area contributed by atoms with Gasteiger partial charge in [0.05, 0.1) is 0 Å². The molecule has 0 radical (unpaired) electrons. The number of hydrogen-bond donors (Lipinski definition) is 2. The van der Waals surface area contributed by atoms with Crippen LogP contribution in [0.15, 0.2) is 42.5 Å². The van der Waals surface area contributed by atoms with Crippen LogP contribution in [0.25, 0.3) is 0 Å². The van der Waals surface area contributed by atoms with Crippen LogP contribution in [-0.4, -0.2) is 16.0 Å². The van der Waals surface area contributed by atoms with Gasteiger partial charge in [0.25, 0.3) is 0 Å². The fourth-order valence-electron chi connectivity index (χ4n) is 2.67. The second kappa shape index (κ2) is 4.43.